The van der Waals surface area contributed by atoms with E-state index in [4.69, 9.17) is 0 Å². The van der Waals surface area contributed by atoms with Crippen molar-refractivity contribution < 1.29 is 0 Å². The minimum atomic E-state index is 0.665. The Morgan fingerprint density at radius 3 is 2.24 bits per heavy atom. The van der Waals surface area contributed by atoms with Crippen molar-refractivity contribution in [3.8, 4) is 0 Å². The van der Waals surface area contributed by atoms with Crippen LogP contribution in [0.25, 0.3) is 0 Å². The van der Waals surface area contributed by atoms with Gasteiger partial charge in [0, 0.05) is 6.04 Å². The number of hydrogen-bond donors (Lipinski definition) is 1. The smallest absolute Gasteiger partial charge is 0.0121 e. The van der Waals surface area contributed by atoms with Gasteiger partial charge in [-0.05, 0) is 74.7 Å². The fourth-order valence-corrected chi connectivity index (χ4v) is 6.91. The van der Waals surface area contributed by atoms with Crippen molar-refractivity contribution in [1.29, 1.82) is 0 Å². The van der Waals surface area contributed by atoms with Gasteiger partial charge < -0.3 is 5.32 Å². The van der Waals surface area contributed by atoms with Crippen LogP contribution in [-0.4, -0.2) is 13.1 Å². The van der Waals surface area contributed by atoms with Gasteiger partial charge in [-0.1, -0.05) is 46.0 Å². The Labute approximate surface area is 132 Å². The summed E-state index contributed by atoms with van der Waals surface area (Å²) in [4.78, 5) is 0. The van der Waals surface area contributed by atoms with Crippen LogP contribution in [0.2, 0.25) is 0 Å². The normalized spacial score (nSPS) is 42.4. The number of hydrogen-bond acceptors (Lipinski definition) is 1. The molecule has 4 rings (SSSR count). The fraction of sp³-hybridized carbons (Fsp3) is 1.00. The summed E-state index contributed by atoms with van der Waals surface area (Å²) in [6.07, 6.45) is 17.8. The molecular weight excluding hydrogens is 254 g/mol. The van der Waals surface area contributed by atoms with E-state index in [1.54, 1.807) is 19.3 Å². The molecule has 1 nitrogen and oxygen atoms in total. The molecule has 0 saturated heterocycles. The van der Waals surface area contributed by atoms with Gasteiger partial charge in [-0.25, -0.2) is 0 Å². The van der Waals surface area contributed by atoms with E-state index in [0.29, 0.717) is 10.8 Å². The summed E-state index contributed by atoms with van der Waals surface area (Å²) in [7, 11) is 2.23. The molecule has 0 aromatic heterocycles. The van der Waals surface area contributed by atoms with Crippen LogP contribution in [0.15, 0.2) is 0 Å². The highest BCUT2D eigenvalue weighted by atomic mass is 14.9. The van der Waals surface area contributed by atoms with E-state index in [1.807, 2.05) is 0 Å². The third-order valence-electron chi connectivity index (χ3n) is 7.08. The minimum Gasteiger partial charge on any atom is -0.316 e. The van der Waals surface area contributed by atoms with Crippen molar-refractivity contribution in [1.82, 2.24) is 5.32 Å². The molecule has 0 aromatic rings. The van der Waals surface area contributed by atoms with E-state index >= 15 is 0 Å². The highest BCUT2D eigenvalue weighted by molar-refractivity contribution is 5.09. The standard InChI is InChI=1S/C20H37N/c1-4-5-6-7-8-9-18(21-3)20-13-16-10-17(14-20)12-19(2,11-16)15-20/h16-18,21H,4-15H2,1-3H3. The molecule has 3 atom stereocenters. The van der Waals surface area contributed by atoms with Gasteiger partial charge in [0.1, 0.15) is 0 Å². The average Bonchev–Trinajstić information content (AvgIpc) is 2.39. The van der Waals surface area contributed by atoms with E-state index in [2.05, 4.69) is 26.2 Å². The highest BCUT2D eigenvalue weighted by Gasteiger charge is 2.57. The first-order chi connectivity index (χ1) is 10.1. The van der Waals surface area contributed by atoms with Crippen molar-refractivity contribution in [2.24, 2.45) is 22.7 Å². The molecule has 0 amide bonds. The Morgan fingerprint density at radius 1 is 1.00 bits per heavy atom. The second-order valence-electron chi connectivity index (χ2n) is 9.18. The third-order valence-corrected chi connectivity index (χ3v) is 7.08. The van der Waals surface area contributed by atoms with Gasteiger partial charge in [0.2, 0.25) is 0 Å². The molecular formula is C20H37N. The molecule has 0 heterocycles. The van der Waals surface area contributed by atoms with Crippen LogP contribution in [0, 0.1) is 22.7 Å². The molecule has 21 heavy (non-hydrogen) atoms. The van der Waals surface area contributed by atoms with Crippen molar-refractivity contribution in [3.63, 3.8) is 0 Å². The summed E-state index contributed by atoms with van der Waals surface area (Å²) in [6, 6.07) is 0.796. The van der Waals surface area contributed by atoms with Gasteiger partial charge in [-0.15, -0.1) is 0 Å². The Balaban J connectivity index is 1.60. The maximum absolute atomic E-state index is 3.77. The molecule has 4 saturated carbocycles. The lowest BCUT2D eigenvalue weighted by molar-refractivity contribution is -0.118. The van der Waals surface area contributed by atoms with Gasteiger partial charge in [0.15, 0.2) is 0 Å². The largest absolute Gasteiger partial charge is 0.316 e. The molecule has 3 unspecified atom stereocenters. The average molecular weight is 292 g/mol. The lowest BCUT2D eigenvalue weighted by atomic mass is 9.43. The predicted octanol–water partition coefficient (Wildman–Crippen LogP) is 5.54. The van der Waals surface area contributed by atoms with Crippen molar-refractivity contribution in [2.75, 3.05) is 7.05 Å². The Hall–Kier alpha value is -0.0400. The summed E-state index contributed by atoms with van der Waals surface area (Å²) < 4.78 is 0. The van der Waals surface area contributed by atoms with Gasteiger partial charge in [0.25, 0.3) is 0 Å². The van der Waals surface area contributed by atoms with Gasteiger partial charge in [0.05, 0.1) is 0 Å². The third kappa shape index (κ3) is 3.19. The first-order valence-electron chi connectivity index (χ1n) is 9.76. The maximum atomic E-state index is 3.77. The summed E-state index contributed by atoms with van der Waals surface area (Å²) in [6.45, 7) is 4.92. The quantitative estimate of drug-likeness (QED) is 0.579. The van der Waals surface area contributed by atoms with Crippen molar-refractivity contribution in [2.45, 2.75) is 96.9 Å². The second-order valence-corrected chi connectivity index (χ2v) is 9.18. The first kappa shape index (κ1) is 15.8. The summed E-state index contributed by atoms with van der Waals surface area (Å²) in [5.74, 6) is 2.12. The Bertz CT molecular complexity index is 334. The lowest BCUT2D eigenvalue weighted by Gasteiger charge is -2.63. The summed E-state index contributed by atoms with van der Waals surface area (Å²) in [5, 5.41) is 3.77. The molecule has 0 spiro atoms. The number of unbranched alkanes of at least 4 members (excludes halogenated alkanes) is 4. The molecule has 0 radical (unpaired) electrons. The molecule has 4 bridgehead atoms. The lowest BCUT2D eigenvalue weighted by Crippen LogP contribution is -2.58. The van der Waals surface area contributed by atoms with Crippen molar-refractivity contribution >= 4 is 0 Å². The zero-order chi connectivity index (χ0) is 14.9. The van der Waals surface area contributed by atoms with E-state index in [9.17, 15) is 0 Å². The molecule has 0 aliphatic heterocycles. The van der Waals surface area contributed by atoms with Crippen LogP contribution >= 0.6 is 0 Å². The van der Waals surface area contributed by atoms with Gasteiger partial charge >= 0.3 is 0 Å². The van der Waals surface area contributed by atoms with E-state index in [-0.39, 0.29) is 0 Å². The van der Waals surface area contributed by atoms with Crippen LogP contribution in [-0.2, 0) is 0 Å². The summed E-state index contributed by atoms with van der Waals surface area (Å²) in [5.41, 5.74) is 1.36. The monoisotopic (exact) mass is 291 g/mol. The highest BCUT2D eigenvalue weighted by Crippen LogP contribution is 2.66. The van der Waals surface area contributed by atoms with Crippen LogP contribution in [0.1, 0.15) is 90.9 Å². The summed E-state index contributed by atoms with van der Waals surface area (Å²) >= 11 is 0. The van der Waals surface area contributed by atoms with Crippen LogP contribution in [0.3, 0.4) is 0 Å². The van der Waals surface area contributed by atoms with Gasteiger partial charge in [-0.2, -0.15) is 0 Å². The predicted molar refractivity (Wildman–Crippen MR) is 91.4 cm³/mol. The zero-order valence-electron chi connectivity index (χ0n) is 14.7. The Morgan fingerprint density at radius 2 is 1.67 bits per heavy atom. The number of nitrogens with one attached hydrogen (secondary N) is 1. The van der Waals surface area contributed by atoms with E-state index in [1.165, 1.54) is 57.8 Å². The zero-order valence-corrected chi connectivity index (χ0v) is 14.7. The molecule has 1 heteroatoms. The van der Waals surface area contributed by atoms with Crippen LogP contribution < -0.4 is 5.32 Å². The van der Waals surface area contributed by atoms with Crippen LogP contribution in [0.4, 0.5) is 0 Å². The Kier molecular flexibility index (Phi) is 4.69. The maximum Gasteiger partial charge on any atom is 0.0121 e. The molecule has 4 fully saturated rings. The van der Waals surface area contributed by atoms with Crippen LogP contribution in [0.5, 0.6) is 0 Å². The molecule has 122 valence electrons. The van der Waals surface area contributed by atoms with E-state index < -0.39 is 0 Å². The molecule has 1 N–H and O–H groups in total. The topological polar surface area (TPSA) is 12.0 Å². The number of rotatable bonds is 8. The second kappa shape index (κ2) is 6.22. The fourth-order valence-electron chi connectivity index (χ4n) is 6.91. The van der Waals surface area contributed by atoms with Crippen molar-refractivity contribution in [3.05, 3.63) is 0 Å². The molecule has 4 aliphatic carbocycles. The minimum absolute atomic E-state index is 0.665. The van der Waals surface area contributed by atoms with Gasteiger partial charge in [-0.3, -0.25) is 0 Å². The molecule has 0 aromatic carbocycles. The SMILES string of the molecule is CCCCCCCC(NC)C12CC3CC(CC(C)(C3)C1)C2. The molecule has 4 aliphatic rings. The first-order valence-corrected chi connectivity index (χ1v) is 9.76. The van der Waals surface area contributed by atoms with E-state index in [0.717, 1.165) is 17.9 Å².